The van der Waals surface area contributed by atoms with Crippen molar-refractivity contribution in [2.45, 2.75) is 11.8 Å². The van der Waals surface area contributed by atoms with Crippen molar-refractivity contribution in [2.75, 3.05) is 10.5 Å². The largest absolute Gasteiger partial charge is 0.394 e. The molecule has 18 heavy (non-hydrogen) atoms. The van der Waals surface area contributed by atoms with E-state index in [0.29, 0.717) is 10.2 Å². The van der Waals surface area contributed by atoms with Gasteiger partial charge < -0.3 is 5.73 Å². The number of H-pyrrole nitrogens is 1. The van der Waals surface area contributed by atoms with Crippen molar-refractivity contribution in [3.05, 3.63) is 34.4 Å². The van der Waals surface area contributed by atoms with Gasteiger partial charge in [-0.25, -0.2) is 8.42 Å². The third kappa shape index (κ3) is 2.49. The van der Waals surface area contributed by atoms with E-state index in [0.717, 1.165) is 0 Å². The molecule has 0 aliphatic carbocycles. The lowest BCUT2D eigenvalue weighted by atomic mass is 10.4. The Kier molecular flexibility index (Phi) is 3.31. The van der Waals surface area contributed by atoms with Gasteiger partial charge in [0.15, 0.2) is 5.82 Å². The van der Waals surface area contributed by atoms with Gasteiger partial charge in [-0.3, -0.25) is 9.82 Å². The summed E-state index contributed by atoms with van der Waals surface area (Å²) in [5.41, 5.74) is 6.59. The van der Waals surface area contributed by atoms with Gasteiger partial charge in [-0.2, -0.15) is 5.10 Å². The number of aromatic nitrogens is 2. The molecule has 0 saturated carbocycles. The first-order chi connectivity index (χ1) is 8.40. The Morgan fingerprint density at radius 1 is 1.44 bits per heavy atom. The molecule has 1 aromatic heterocycles. The molecule has 0 fully saturated rings. The zero-order valence-electron chi connectivity index (χ0n) is 9.44. The molecule has 0 bridgehead atoms. The van der Waals surface area contributed by atoms with Crippen LogP contribution in [0.1, 0.15) is 5.69 Å². The number of hydrogen-bond donors (Lipinski definition) is 3. The average Bonchev–Trinajstić information content (AvgIpc) is 2.61. The minimum atomic E-state index is -3.69. The monoisotopic (exact) mass is 330 g/mol. The van der Waals surface area contributed by atoms with Gasteiger partial charge in [0, 0.05) is 4.47 Å². The molecule has 2 rings (SSSR count). The molecule has 1 aromatic carbocycles. The summed E-state index contributed by atoms with van der Waals surface area (Å²) in [4.78, 5) is 0.136. The van der Waals surface area contributed by atoms with Crippen LogP contribution in [0.2, 0.25) is 0 Å². The Bertz CT molecular complexity index is 681. The lowest BCUT2D eigenvalue weighted by Crippen LogP contribution is -2.14. The molecule has 0 aliphatic rings. The Morgan fingerprint density at radius 3 is 2.72 bits per heavy atom. The SMILES string of the molecule is Cc1[nH]nc(NS(=O)(=O)c2cccc(Br)c2)c1N. The van der Waals surface area contributed by atoms with E-state index >= 15 is 0 Å². The molecule has 1 heterocycles. The van der Waals surface area contributed by atoms with Crippen molar-refractivity contribution >= 4 is 37.5 Å². The lowest BCUT2D eigenvalue weighted by molar-refractivity contribution is 0.601. The Balaban J connectivity index is 2.36. The van der Waals surface area contributed by atoms with E-state index in [1.807, 2.05) is 0 Å². The van der Waals surface area contributed by atoms with E-state index in [-0.39, 0.29) is 16.4 Å². The second kappa shape index (κ2) is 4.62. The van der Waals surface area contributed by atoms with Crippen molar-refractivity contribution < 1.29 is 8.42 Å². The zero-order chi connectivity index (χ0) is 13.3. The molecule has 0 spiro atoms. The highest BCUT2D eigenvalue weighted by Crippen LogP contribution is 2.23. The molecule has 96 valence electrons. The number of halogens is 1. The first kappa shape index (κ1) is 12.9. The quantitative estimate of drug-likeness (QED) is 0.799. The van der Waals surface area contributed by atoms with Gasteiger partial charge in [0.05, 0.1) is 16.3 Å². The van der Waals surface area contributed by atoms with Crippen LogP contribution >= 0.6 is 15.9 Å². The fourth-order valence-corrected chi connectivity index (χ4v) is 2.95. The van der Waals surface area contributed by atoms with Gasteiger partial charge >= 0.3 is 0 Å². The second-order valence-electron chi connectivity index (χ2n) is 3.67. The molecule has 4 N–H and O–H groups in total. The molecule has 8 heteroatoms. The minimum Gasteiger partial charge on any atom is -0.394 e. The van der Waals surface area contributed by atoms with E-state index in [1.54, 1.807) is 19.1 Å². The van der Waals surface area contributed by atoms with E-state index in [4.69, 9.17) is 5.73 Å². The maximum Gasteiger partial charge on any atom is 0.263 e. The number of sulfonamides is 1. The molecule has 0 saturated heterocycles. The summed E-state index contributed by atoms with van der Waals surface area (Å²) in [6, 6.07) is 6.37. The Labute approximate surface area is 113 Å². The topological polar surface area (TPSA) is 101 Å². The maximum absolute atomic E-state index is 12.1. The molecular formula is C10H11BrN4O2S. The van der Waals surface area contributed by atoms with Crippen LogP contribution in [0.4, 0.5) is 11.5 Å². The van der Waals surface area contributed by atoms with Crippen LogP contribution < -0.4 is 10.5 Å². The van der Waals surface area contributed by atoms with Gasteiger partial charge in [-0.1, -0.05) is 22.0 Å². The molecule has 2 aromatic rings. The number of nitrogens with one attached hydrogen (secondary N) is 2. The fourth-order valence-electron chi connectivity index (χ4n) is 1.34. The second-order valence-corrected chi connectivity index (χ2v) is 6.27. The van der Waals surface area contributed by atoms with E-state index in [1.165, 1.54) is 12.1 Å². The van der Waals surface area contributed by atoms with Crippen LogP contribution in [0.3, 0.4) is 0 Å². The molecule has 0 unspecified atom stereocenters. The number of nitrogen functional groups attached to an aromatic ring is 1. The third-order valence-corrected chi connectivity index (χ3v) is 4.16. The number of aromatic amines is 1. The molecular weight excluding hydrogens is 320 g/mol. The molecule has 0 atom stereocenters. The predicted molar refractivity (Wildman–Crippen MR) is 72.7 cm³/mol. The van der Waals surface area contributed by atoms with Crippen LogP contribution in [0, 0.1) is 6.92 Å². The van der Waals surface area contributed by atoms with Crippen molar-refractivity contribution in [3.8, 4) is 0 Å². The highest BCUT2D eigenvalue weighted by molar-refractivity contribution is 9.10. The number of aryl methyl sites for hydroxylation is 1. The highest BCUT2D eigenvalue weighted by atomic mass is 79.9. The standard InChI is InChI=1S/C10H11BrN4O2S/c1-6-9(12)10(14-13-6)15-18(16,17)8-4-2-3-7(11)5-8/h2-5H,12H2,1H3,(H2,13,14,15). The van der Waals surface area contributed by atoms with Gasteiger partial charge in [0.2, 0.25) is 0 Å². The Hall–Kier alpha value is -1.54. The van der Waals surface area contributed by atoms with Gasteiger partial charge in [0.25, 0.3) is 10.0 Å². The molecule has 0 aliphatic heterocycles. The molecule has 0 amide bonds. The van der Waals surface area contributed by atoms with E-state index in [9.17, 15) is 8.42 Å². The van der Waals surface area contributed by atoms with Crippen molar-refractivity contribution in [1.82, 2.24) is 10.2 Å². The third-order valence-electron chi connectivity index (χ3n) is 2.33. The first-order valence-electron chi connectivity index (χ1n) is 4.99. The predicted octanol–water partition coefficient (Wildman–Crippen LogP) is 1.86. The number of rotatable bonds is 3. The molecule has 0 radical (unpaired) electrons. The van der Waals surface area contributed by atoms with Crippen molar-refractivity contribution in [3.63, 3.8) is 0 Å². The number of nitrogens with zero attached hydrogens (tertiary/aromatic N) is 1. The number of benzene rings is 1. The minimum absolute atomic E-state index is 0.104. The fraction of sp³-hybridized carbons (Fsp3) is 0.100. The van der Waals surface area contributed by atoms with E-state index < -0.39 is 10.0 Å². The number of hydrogen-bond acceptors (Lipinski definition) is 4. The highest BCUT2D eigenvalue weighted by Gasteiger charge is 2.18. The summed E-state index contributed by atoms with van der Waals surface area (Å²) in [6.45, 7) is 1.71. The summed E-state index contributed by atoms with van der Waals surface area (Å²) in [6.07, 6.45) is 0. The van der Waals surface area contributed by atoms with Crippen molar-refractivity contribution in [2.24, 2.45) is 0 Å². The summed E-state index contributed by atoms with van der Waals surface area (Å²) < 4.78 is 27.2. The van der Waals surface area contributed by atoms with Crippen molar-refractivity contribution in [1.29, 1.82) is 0 Å². The van der Waals surface area contributed by atoms with Crippen LogP contribution in [-0.4, -0.2) is 18.6 Å². The summed E-state index contributed by atoms with van der Waals surface area (Å²) >= 11 is 3.22. The van der Waals surface area contributed by atoms with Gasteiger partial charge in [0.1, 0.15) is 0 Å². The maximum atomic E-state index is 12.1. The van der Waals surface area contributed by atoms with Crippen LogP contribution in [-0.2, 0) is 10.0 Å². The number of anilines is 2. The first-order valence-corrected chi connectivity index (χ1v) is 7.26. The summed E-state index contributed by atoms with van der Waals surface area (Å²) in [5.74, 6) is 0.104. The lowest BCUT2D eigenvalue weighted by Gasteiger charge is -2.06. The summed E-state index contributed by atoms with van der Waals surface area (Å²) in [5, 5.41) is 6.41. The van der Waals surface area contributed by atoms with E-state index in [2.05, 4.69) is 30.8 Å². The Morgan fingerprint density at radius 2 is 2.17 bits per heavy atom. The average molecular weight is 331 g/mol. The molecule has 6 nitrogen and oxygen atoms in total. The van der Waals surface area contributed by atoms with Crippen LogP contribution in [0.5, 0.6) is 0 Å². The number of nitrogens with two attached hydrogens (primary N) is 1. The smallest absolute Gasteiger partial charge is 0.263 e. The van der Waals surface area contributed by atoms with Crippen LogP contribution in [0.15, 0.2) is 33.6 Å². The summed E-state index contributed by atoms with van der Waals surface area (Å²) in [7, 11) is -3.69. The van der Waals surface area contributed by atoms with Crippen LogP contribution in [0.25, 0.3) is 0 Å². The zero-order valence-corrected chi connectivity index (χ0v) is 11.8. The normalized spacial score (nSPS) is 11.4. The van der Waals surface area contributed by atoms with Gasteiger partial charge in [-0.05, 0) is 25.1 Å². The van der Waals surface area contributed by atoms with Gasteiger partial charge in [-0.15, -0.1) is 0 Å².